The van der Waals surface area contributed by atoms with Crippen LogP contribution in [0.15, 0.2) is 46.9 Å². The Balaban J connectivity index is 1.53. The number of nitro groups is 1. The lowest BCUT2D eigenvalue weighted by atomic mass is 10.2. The molecule has 10 nitrogen and oxygen atoms in total. The Kier molecular flexibility index (Phi) is 5.04. The summed E-state index contributed by atoms with van der Waals surface area (Å²) in [5.41, 5.74) is 0.717. The molecule has 1 N–H and O–H groups in total. The van der Waals surface area contributed by atoms with Crippen LogP contribution in [0.25, 0.3) is 0 Å². The van der Waals surface area contributed by atoms with Crippen molar-refractivity contribution in [1.29, 1.82) is 0 Å². The molecule has 0 spiro atoms. The molecule has 0 radical (unpaired) electrons. The molecule has 1 aromatic heterocycles. The summed E-state index contributed by atoms with van der Waals surface area (Å²) >= 11 is 1.30. The molecule has 0 unspecified atom stereocenters. The maximum Gasteiger partial charge on any atom is 0.307 e. The van der Waals surface area contributed by atoms with Gasteiger partial charge in [0.2, 0.25) is 5.91 Å². The summed E-state index contributed by atoms with van der Waals surface area (Å²) < 4.78 is 6.82. The van der Waals surface area contributed by atoms with E-state index in [1.165, 1.54) is 22.6 Å². The number of ether oxygens (including phenoxy) is 1. The van der Waals surface area contributed by atoms with Crippen LogP contribution in [-0.2, 0) is 11.5 Å². The van der Waals surface area contributed by atoms with Crippen LogP contribution >= 0.6 is 11.8 Å². The van der Waals surface area contributed by atoms with Gasteiger partial charge in [-0.15, -0.1) is 5.10 Å². The van der Waals surface area contributed by atoms with Crippen molar-refractivity contribution in [3.63, 3.8) is 0 Å². The molecular formula is C14H12N6O4S. The van der Waals surface area contributed by atoms with Crippen LogP contribution < -0.4 is 10.1 Å². The summed E-state index contributed by atoms with van der Waals surface area (Å²) in [5.74, 6) is 0.864. The highest BCUT2D eigenvalue weighted by Gasteiger charge is 2.15. The van der Waals surface area contributed by atoms with Crippen LogP contribution in [-0.4, -0.2) is 37.7 Å². The number of hydrogen-bond acceptors (Lipinski definition) is 8. The lowest BCUT2D eigenvalue weighted by Crippen LogP contribution is -2.19. The molecule has 2 aromatic rings. The normalized spacial score (nSPS) is 15.7. The maximum absolute atomic E-state index is 11.0. The first kappa shape index (κ1) is 16.6. The molecule has 1 aliphatic heterocycles. The largest absolute Gasteiger partial charge is 0.471 e. The molecule has 3 rings (SSSR count). The number of carbonyl (C=O) groups is 1. The second-order valence-corrected chi connectivity index (χ2v) is 5.79. The Labute approximate surface area is 145 Å². The fourth-order valence-electron chi connectivity index (χ4n) is 1.84. The Bertz CT molecular complexity index is 845. The molecule has 1 saturated heterocycles. The van der Waals surface area contributed by atoms with Gasteiger partial charge in [0.1, 0.15) is 18.1 Å². The quantitative estimate of drug-likeness (QED) is 0.471. The summed E-state index contributed by atoms with van der Waals surface area (Å²) in [4.78, 5) is 21.1. The van der Waals surface area contributed by atoms with Gasteiger partial charge in [-0.3, -0.25) is 14.9 Å². The molecule has 25 heavy (non-hydrogen) atoms. The molecule has 128 valence electrons. The molecule has 1 aliphatic rings. The molecular weight excluding hydrogens is 348 g/mol. The van der Waals surface area contributed by atoms with Gasteiger partial charge < -0.3 is 10.1 Å². The van der Waals surface area contributed by atoms with Crippen LogP contribution in [0.4, 0.5) is 5.69 Å². The van der Waals surface area contributed by atoms with Gasteiger partial charge in [0.15, 0.2) is 11.9 Å². The zero-order valence-corrected chi connectivity index (χ0v) is 13.5. The molecule has 0 saturated carbocycles. The number of benzene rings is 1. The van der Waals surface area contributed by atoms with Gasteiger partial charge in [0.25, 0.3) is 0 Å². The minimum Gasteiger partial charge on any atom is -0.471 e. The minimum absolute atomic E-state index is 0.0614. The number of carbonyl (C=O) groups excluding carboxylic acids is 1. The maximum atomic E-state index is 11.0. The van der Waals surface area contributed by atoms with E-state index in [0.29, 0.717) is 16.7 Å². The Morgan fingerprint density at radius 1 is 1.44 bits per heavy atom. The van der Waals surface area contributed by atoms with Gasteiger partial charge >= 0.3 is 5.69 Å². The van der Waals surface area contributed by atoms with E-state index >= 15 is 0 Å². The van der Waals surface area contributed by atoms with E-state index in [1.54, 1.807) is 30.5 Å². The van der Waals surface area contributed by atoms with E-state index in [2.05, 4.69) is 20.6 Å². The summed E-state index contributed by atoms with van der Waals surface area (Å²) in [7, 11) is 0. The lowest BCUT2D eigenvalue weighted by molar-refractivity contribution is -0.385. The number of nitrogens with one attached hydrogen (secondary N) is 1. The summed E-state index contributed by atoms with van der Waals surface area (Å²) in [6.45, 7) is 0.0614. The van der Waals surface area contributed by atoms with Crippen LogP contribution in [0.3, 0.4) is 0 Å². The number of nitrogens with zero attached hydrogens (tertiary/aromatic N) is 5. The van der Waals surface area contributed by atoms with Gasteiger partial charge in [-0.05, 0) is 29.8 Å². The van der Waals surface area contributed by atoms with E-state index in [1.807, 2.05) is 0 Å². The Hall–Kier alpha value is -3.21. The SMILES string of the molecule is O=C1CSC(=NN=Cc2ccc(OCn3cc([N+](=O)[O-])cn3)cc2)N1. The lowest BCUT2D eigenvalue weighted by Gasteiger charge is -2.05. The fourth-order valence-corrected chi connectivity index (χ4v) is 2.47. The molecule has 11 heteroatoms. The van der Waals surface area contributed by atoms with E-state index in [-0.39, 0.29) is 18.3 Å². The number of amidine groups is 1. The minimum atomic E-state index is -0.517. The average molecular weight is 360 g/mol. The molecule has 0 aliphatic carbocycles. The third-order valence-electron chi connectivity index (χ3n) is 3.02. The topological polar surface area (TPSA) is 124 Å². The van der Waals surface area contributed by atoms with Gasteiger partial charge in [0, 0.05) is 0 Å². The zero-order chi connectivity index (χ0) is 17.6. The first-order chi connectivity index (χ1) is 12.1. The van der Waals surface area contributed by atoms with Crippen molar-refractivity contribution in [2.45, 2.75) is 6.73 Å². The molecule has 0 bridgehead atoms. The third-order valence-corrected chi connectivity index (χ3v) is 3.88. The van der Waals surface area contributed by atoms with Crippen molar-refractivity contribution in [2.75, 3.05) is 5.75 Å². The number of hydrogen-bond donors (Lipinski definition) is 1. The van der Waals surface area contributed by atoms with Crippen molar-refractivity contribution in [3.05, 3.63) is 52.3 Å². The Morgan fingerprint density at radius 3 is 2.88 bits per heavy atom. The predicted octanol–water partition coefficient (Wildman–Crippen LogP) is 1.38. The first-order valence-electron chi connectivity index (χ1n) is 7.03. The van der Waals surface area contributed by atoms with Crippen LogP contribution in [0.5, 0.6) is 5.75 Å². The highest BCUT2D eigenvalue weighted by molar-refractivity contribution is 8.15. The van der Waals surface area contributed by atoms with Crippen molar-refractivity contribution >= 4 is 34.7 Å². The molecule has 1 aromatic carbocycles. The highest BCUT2D eigenvalue weighted by Crippen LogP contribution is 2.13. The van der Waals surface area contributed by atoms with Crippen LogP contribution in [0, 0.1) is 10.1 Å². The smallest absolute Gasteiger partial charge is 0.307 e. The van der Waals surface area contributed by atoms with E-state index in [4.69, 9.17) is 4.74 Å². The molecule has 2 heterocycles. The summed E-state index contributed by atoms with van der Waals surface area (Å²) in [5, 5.41) is 25.3. The Morgan fingerprint density at radius 2 is 2.24 bits per heavy atom. The van der Waals surface area contributed by atoms with E-state index < -0.39 is 4.92 Å². The predicted molar refractivity (Wildman–Crippen MR) is 91.6 cm³/mol. The fraction of sp³-hybridized carbons (Fsp3) is 0.143. The van der Waals surface area contributed by atoms with Crippen LogP contribution in [0.1, 0.15) is 5.56 Å². The molecule has 0 atom stereocenters. The second-order valence-electron chi connectivity index (χ2n) is 4.82. The van der Waals surface area contributed by atoms with Crippen molar-refractivity contribution in [1.82, 2.24) is 15.1 Å². The zero-order valence-electron chi connectivity index (χ0n) is 12.7. The van der Waals surface area contributed by atoms with E-state index in [0.717, 1.165) is 11.8 Å². The van der Waals surface area contributed by atoms with Crippen molar-refractivity contribution in [2.24, 2.45) is 10.2 Å². The number of aromatic nitrogens is 2. The second kappa shape index (κ2) is 7.57. The van der Waals surface area contributed by atoms with Gasteiger partial charge in [-0.1, -0.05) is 11.8 Å². The monoisotopic (exact) mass is 360 g/mol. The number of thioether (sulfide) groups is 1. The standard InChI is InChI=1S/C14H12N6O4S/c21-13-8-25-14(17-13)18-15-5-10-1-3-12(4-2-10)24-9-19-7-11(6-16-19)20(22)23/h1-7H,8-9H2,(H,17,18,21). The molecule has 1 fully saturated rings. The number of amides is 1. The van der Waals surface area contributed by atoms with Gasteiger partial charge in [-0.25, -0.2) is 4.68 Å². The van der Waals surface area contributed by atoms with Gasteiger partial charge in [-0.2, -0.15) is 10.2 Å². The van der Waals surface area contributed by atoms with Gasteiger partial charge in [0.05, 0.1) is 16.9 Å². The summed E-state index contributed by atoms with van der Waals surface area (Å²) in [6, 6.07) is 7.03. The molecule has 1 amide bonds. The van der Waals surface area contributed by atoms with Crippen LogP contribution in [0.2, 0.25) is 0 Å². The first-order valence-corrected chi connectivity index (χ1v) is 8.02. The van der Waals surface area contributed by atoms with Crippen molar-refractivity contribution in [3.8, 4) is 5.75 Å². The average Bonchev–Trinajstić information content (AvgIpc) is 3.23. The summed E-state index contributed by atoms with van der Waals surface area (Å²) in [6.07, 6.45) is 4.01. The van der Waals surface area contributed by atoms with Crippen molar-refractivity contribution < 1.29 is 14.5 Å². The highest BCUT2D eigenvalue weighted by atomic mass is 32.2. The van der Waals surface area contributed by atoms with E-state index in [9.17, 15) is 14.9 Å². The number of rotatable bonds is 6. The third kappa shape index (κ3) is 4.64.